The third-order valence-electron chi connectivity index (χ3n) is 4.39. The minimum atomic E-state index is -2.86. The van der Waals surface area contributed by atoms with E-state index >= 15 is 0 Å². The molecule has 0 radical (unpaired) electrons. The highest BCUT2D eigenvalue weighted by molar-refractivity contribution is 5.87. The van der Waals surface area contributed by atoms with Gasteiger partial charge in [-0.1, -0.05) is 56.3 Å². The van der Waals surface area contributed by atoms with Gasteiger partial charge in [0.15, 0.2) is 0 Å². The third kappa shape index (κ3) is 8.06. The van der Waals surface area contributed by atoms with E-state index in [0.717, 1.165) is 11.1 Å². The van der Waals surface area contributed by atoms with E-state index in [1.165, 1.54) is 12.1 Å². The smallest absolute Gasteiger partial charge is 0.387 e. The maximum Gasteiger partial charge on any atom is 0.387 e. The van der Waals surface area contributed by atoms with Crippen LogP contribution in [0.4, 0.5) is 13.6 Å². The van der Waals surface area contributed by atoms with Gasteiger partial charge in [-0.2, -0.15) is 8.78 Å². The van der Waals surface area contributed by atoms with E-state index in [-0.39, 0.29) is 17.6 Å². The summed E-state index contributed by atoms with van der Waals surface area (Å²) in [4.78, 5) is 24.7. The van der Waals surface area contributed by atoms with Crippen molar-refractivity contribution in [3.63, 3.8) is 0 Å². The average Bonchev–Trinajstić information content (AvgIpc) is 2.72. The van der Waals surface area contributed by atoms with Gasteiger partial charge in [-0.3, -0.25) is 4.79 Å². The van der Waals surface area contributed by atoms with Crippen molar-refractivity contribution in [2.45, 2.75) is 39.5 Å². The van der Waals surface area contributed by atoms with E-state index in [9.17, 15) is 18.4 Å². The number of ether oxygens (including phenoxy) is 1. The summed E-state index contributed by atoms with van der Waals surface area (Å²) in [5.74, 6) is -0.292. The van der Waals surface area contributed by atoms with Gasteiger partial charge in [0, 0.05) is 13.1 Å². The maximum absolute atomic E-state index is 12.5. The van der Waals surface area contributed by atoms with E-state index in [2.05, 4.69) is 20.7 Å². The van der Waals surface area contributed by atoms with Gasteiger partial charge in [0.1, 0.15) is 11.8 Å². The Morgan fingerprint density at radius 1 is 0.933 bits per heavy atom. The number of rotatable bonds is 10. The van der Waals surface area contributed by atoms with Crippen molar-refractivity contribution < 1.29 is 23.1 Å². The summed E-state index contributed by atoms with van der Waals surface area (Å²) in [6.45, 7) is 1.56. The van der Waals surface area contributed by atoms with Crippen LogP contribution in [0.2, 0.25) is 0 Å². The molecule has 2 aromatic rings. The molecule has 0 aliphatic carbocycles. The lowest BCUT2D eigenvalue weighted by Gasteiger charge is -2.22. The number of carbonyl (C=O) groups is 2. The van der Waals surface area contributed by atoms with Crippen LogP contribution in [0.3, 0.4) is 0 Å². The van der Waals surface area contributed by atoms with Crippen LogP contribution in [0, 0.1) is 5.92 Å². The molecule has 6 nitrogen and oxygen atoms in total. The molecule has 0 heterocycles. The molecular formula is C22H27F2N3O3. The summed E-state index contributed by atoms with van der Waals surface area (Å²) >= 11 is 0. The Balaban J connectivity index is 1.78. The molecule has 0 saturated carbocycles. The summed E-state index contributed by atoms with van der Waals surface area (Å²) in [5, 5.41) is 8.26. The van der Waals surface area contributed by atoms with Crippen LogP contribution >= 0.6 is 0 Å². The van der Waals surface area contributed by atoms with Crippen molar-refractivity contribution in [3.05, 3.63) is 65.7 Å². The third-order valence-corrected chi connectivity index (χ3v) is 4.39. The second-order valence-electron chi connectivity index (χ2n) is 7.10. The molecule has 1 atom stereocenters. The molecule has 3 N–H and O–H groups in total. The normalized spacial score (nSPS) is 11.8. The predicted octanol–water partition coefficient (Wildman–Crippen LogP) is 3.47. The number of carbonyl (C=O) groups excluding carboxylic acids is 2. The number of nitrogens with one attached hydrogen (secondary N) is 3. The zero-order valence-electron chi connectivity index (χ0n) is 17.0. The first-order chi connectivity index (χ1) is 14.3. The highest BCUT2D eigenvalue weighted by Crippen LogP contribution is 2.15. The van der Waals surface area contributed by atoms with Crippen molar-refractivity contribution in [1.29, 1.82) is 0 Å². The maximum atomic E-state index is 12.5. The number of halogens is 2. The van der Waals surface area contributed by atoms with Crippen LogP contribution in [0.5, 0.6) is 5.75 Å². The van der Waals surface area contributed by atoms with Gasteiger partial charge in [0.2, 0.25) is 5.91 Å². The number of urea groups is 1. The Morgan fingerprint density at radius 2 is 1.60 bits per heavy atom. The molecule has 2 rings (SSSR count). The fourth-order valence-corrected chi connectivity index (χ4v) is 2.78. The molecule has 3 amide bonds. The van der Waals surface area contributed by atoms with Gasteiger partial charge in [0.25, 0.3) is 0 Å². The number of hydrogen-bond donors (Lipinski definition) is 3. The van der Waals surface area contributed by atoms with Gasteiger partial charge in [-0.15, -0.1) is 0 Å². The van der Waals surface area contributed by atoms with Crippen molar-refractivity contribution in [3.8, 4) is 5.75 Å². The highest BCUT2D eigenvalue weighted by Gasteiger charge is 2.23. The van der Waals surface area contributed by atoms with Gasteiger partial charge < -0.3 is 20.7 Å². The molecular weight excluding hydrogens is 392 g/mol. The fraction of sp³-hybridized carbons (Fsp3) is 0.364. The largest absolute Gasteiger partial charge is 0.435 e. The standard InChI is InChI=1S/C22H27F2N3O3/c1-15(2)19(27-22(29)26-14-17-6-4-3-5-7-17)20(28)25-13-12-16-8-10-18(11-9-16)30-21(23)24/h3-11,15,19,21H,12-14H2,1-2H3,(H,25,28)(H2,26,27,29). The molecule has 0 aliphatic rings. The first kappa shape index (κ1) is 23.1. The summed E-state index contributed by atoms with van der Waals surface area (Å²) < 4.78 is 28.7. The summed E-state index contributed by atoms with van der Waals surface area (Å²) in [5.41, 5.74) is 1.83. The molecule has 2 aromatic carbocycles. The monoisotopic (exact) mass is 419 g/mol. The number of benzene rings is 2. The fourth-order valence-electron chi connectivity index (χ4n) is 2.78. The molecule has 0 aromatic heterocycles. The van der Waals surface area contributed by atoms with E-state index in [1.807, 2.05) is 44.2 Å². The SMILES string of the molecule is CC(C)C(NC(=O)NCc1ccccc1)C(=O)NCCc1ccc(OC(F)F)cc1. The Labute approximate surface area is 175 Å². The molecule has 0 saturated heterocycles. The minimum absolute atomic E-state index is 0.0865. The zero-order valence-corrected chi connectivity index (χ0v) is 17.0. The molecule has 0 aliphatic heterocycles. The lowest BCUT2D eigenvalue weighted by molar-refractivity contribution is -0.123. The molecule has 30 heavy (non-hydrogen) atoms. The lowest BCUT2D eigenvalue weighted by Crippen LogP contribution is -2.52. The number of amides is 3. The second-order valence-corrected chi connectivity index (χ2v) is 7.10. The number of alkyl halides is 2. The van der Waals surface area contributed by atoms with Crippen molar-refractivity contribution in [2.75, 3.05) is 6.54 Å². The van der Waals surface area contributed by atoms with Crippen LogP contribution in [0.25, 0.3) is 0 Å². The first-order valence-electron chi connectivity index (χ1n) is 9.75. The lowest BCUT2D eigenvalue weighted by atomic mass is 10.0. The minimum Gasteiger partial charge on any atom is -0.435 e. The second kappa shape index (κ2) is 11.7. The van der Waals surface area contributed by atoms with Gasteiger partial charge in [-0.25, -0.2) is 4.79 Å². The molecule has 8 heteroatoms. The Kier molecular flexibility index (Phi) is 9.05. The first-order valence-corrected chi connectivity index (χ1v) is 9.75. The molecule has 0 spiro atoms. The van der Waals surface area contributed by atoms with Gasteiger partial charge in [0.05, 0.1) is 0 Å². The summed E-state index contributed by atoms with van der Waals surface area (Å²) in [6, 6.07) is 14.6. The van der Waals surface area contributed by atoms with Crippen molar-refractivity contribution in [2.24, 2.45) is 5.92 Å². The quantitative estimate of drug-likeness (QED) is 0.552. The van der Waals surface area contributed by atoms with Crippen molar-refractivity contribution in [1.82, 2.24) is 16.0 Å². The molecule has 0 fully saturated rings. The van der Waals surface area contributed by atoms with Gasteiger partial charge >= 0.3 is 12.6 Å². The van der Waals surface area contributed by atoms with Gasteiger partial charge in [-0.05, 0) is 35.6 Å². The Hall–Kier alpha value is -3.16. The summed E-state index contributed by atoms with van der Waals surface area (Å²) in [7, 11) is 0. The van der Waals surface area contributed by atoms with Crippen molar-refractivity contribution >= 4 is 11.9 Å². The topological polar surface area (TPSA) is 79.5 Å². The Morgan fingerprint density at radius 3 is 2.20 bits per heavy atom. The van der Waals surface area contributed by atoms with Crippen LogP contribution < -0.4 is 20.7 Å². The van der Waals surface area contributed by atoms with Crippen LogP contribution in [0.1, 0.15) is 25.0 Å². The van der Waals surface area contributed by atoms with E-state index in [1.54, 1.807) is 12.1 Å². The van der Waals surface area contributed by atoms with Crippen LogP contribution in [-0.2, 0) is 17.8 Å². The van der Waals surface area contributed by atoms with E-state index in [4.69, 9.17) is 0 Å². The van der Waals surface area contributed by atoms with E-state index in [0.29, 0.717) is 19.5 Å². The number of hydrogen-bond acceptors (Lipinski definition) is 3. The highest BCUT2D eigenvalue weighted by atomic mass is 19.3. The molecule has 162 valence electrons. The average molecular weight is 419 g/mol. The molecule has 0 bridgehead atoms. The summed E-state index contributed by atoms with van der Waals surface area (Å²) in [6.07, 6.45) is 0.520. The van der Waals surface area contributed by atoms with E-state index < -0.39 is 18.7 Å². The predicted molar refractivity (Wildman–Crippen MR) is 110 cm³/mol. The zero-order chi connectivity index (χ0) is 21.9. The van der Waals surface area contributed by atoms with Crippen LogP contribution in [-0.4, -0.2) is 31.1 Å². The molecule has 1 unspecified atom stereocenters. The van der Waals surface area contributed by atoms with Crippen LogP contribution in [0.15, 0.2) is 54.6 Å². The Bertz CT molecular complexity index is 799.